The van der Waals surface area contributed by atoms with Crippen molar-refractivity contribution in [2.24, 2.45) is 0 Å². The van der Waals surface area contributed by atoms with E-state index in [4.69, 9.17) is 8.92 Å². The quantitative estimate of drug-likeness (QED) is 0.161. The van der Waals surface area contributed by atoms with E-state index < -0.39 is 16.0 Å². The lowest BCUT2D eigenvalue weighted by molar-refractivity contribution is -0.123. The monoisotopic (exact) mass is 699 g/mol. The van der Waals surface area contributed by atoms with Crippen molar-refractivity contribution in [3.8, 4) is 11.5 Å². The zero-order valence-electron chi connectivity index (χ0n) is 19.0. The van der Waals surface area contributed by atoms with Crippen molar-refractivity contribution in [1.29, 1.82) is 0 Å². The molecule has 1 heterocycles. The van der Waals surface area contributed by atoms with Crippen LogP contribution in [0.15, 0.2) is 74.9 Å². The number of nitrogens with zero attached hydrogens (tertiary/aromatic N) is 1. The number of imide groups is 1. The molecule has 1 fully saturated rings. The molecule has 3 aromatic rings. The van der Waals surface area contributed by atoms with Crippen molar-refractivity contribution in [3.63, 3.8) is 0 Å². The number of aryl methyl sites for hydroxylation is 1. The van der Waals surface area contributed by atoms with E-state index in [1.54, 1.807) is 30.3 Å². The Kier molecular flexibility index (Phi) is 8.12. The van der Waals surface area contributed by atoms with Gasteiger partial charge in [0.25, 0.3) is 11.1 Å². The summed E-state index contributed by atoms with van der Waals surface area (Å²) < 4.78 is 37.7. The van der Waals surface area contributed by atoms with Gasteiger partial charge < -0.3 is 8.92 Å². The first-order chi connectivity index (χ1) is 17.1. The first kappa shape index (κ1) is 26.7. The Morgan fingerprint density at radius 3 is 2.44 bits per heavy atom. The van der Waals surface area contributed by atoms with Crippen LogP contribution in [0.4, 0.5) is 4.79 Å². The number of benzene rings is 3. The summed E-state index contributed by atoms with van der Waals surface area (Å²) in [6, 6.07) is 16.9. The average Bonchev–Trinajstić information content (AvgIpc) is 3.09. The third-order valence-corrected chi connectivity index (χ3v) is 8.93. The molecule has 2 amide bonds. The molecule has 0 unspecified atom stereocenters. The zero-order chi connectivity index (χ0) is 26.0. The Balaban J connectivity index is 1.60. The fraction of sp³-hybridized carbons (Fsp3) is 0.120. The molecule has 1 aliphatic rings. The summed E-state index contributed by atoms with van der Waals surface area (Å²) in [5.74, 6) is -0.189. The Labute approximate surface area is 235 Å². The van der Waals surface area contributed by atoms with Gasteiger partial charge in [-0.25, -0.2) is 0 Å². The minimum absolute atomic E-state index is 0.0220. The highest BCUT2D eigenvalue weighted by atomic mass is 127. The third kappa shape index (κ3) is 5.79. The first-order valence-electron chi connectivity index (χ1n) is 10.5. The molecule has 0 bridgehead atoms. The maximum Gasteiger partial charge on any atom is 0.339 e. The van der Waals surface area contributed by atoms with Crippen LogP contribution < -0.4 is 8.92 Å². The molecule has 0 aromatic heterocycles. The standard InChI is InChI=1S/C25H19BrINO6S2/c1-15-7-9-18(10-8-15)36(31,32)34-23-20(27)11-16(12-21(23)33-2)13-22-24(29)28(25(30)35-22)14-17-5-3-4-6-19(17)26/h3-13H,14H2,1-2H3/b22-13-. The molecule has 0 atom stereocenters. The van der Waals surface area contributed by atoms with Crippen molar-refractivity contribution in [3.05, 3.63) is 90.3 Å². The molecule has 1 saturated heterocycles. The summed E-state index contributed by atoms with van der Waals surface area (Å²) in [5.41, 5.74) is 2.29. The van der Waals surface area contributed by atoms with Gasteiger partial charge in [-0.2, -0.15) is 8.42 Å². The molecule has 0 N–H and O–H groups in total. The molecule has 36 heavy (non-hydrogen) atoms. The summed E-state index contributed by atoms with van der Waals surface area (Å²) in [4.78, 5) is 27.0. The lowest BCUT2D eigenvalue weighted by atomic mass is 10.1. The fourth-order valence-corrected chi connectivity index (χ4v) is 6.44. The van der Waals surface area contributed by atoms with Gasteiger partial charge in [-0.15, -0.1) is 0 Å². The normalized spacial score (nSPS) is 15.0. The predicted molar refractivity (Wildman–Crippen MR) is 150 cm³/mol. The van der Waals surface area contributed by atoms with Crippen LogP contribution >= 0.6 is 50.3 Å². The van der Waals surface area contributed by atoms with Crippen LogP contribution in [-0.4, -0.2) is 31.6 Å². The molecular formula is C25H19BrINO6S2. The number of hydrogen-bond acceptors (Lipinski definition) is 7. The molecule has 1 aliphatic heterocycles. The first-order valence-corrected chi connectivity index (χ1v) is 14.6. The van der Waals surface area contributed by atoms with E-state index in [0.29, 0.717) is 9.13 Å². The van der Waals surface area contributed by atoms with E-state index >= 15 is 0 Å². The Bertz CT molecular complexity index is 1490. The number of hydrogen-bond donors (Lipinski definition) is 0. The van der Waals surface area contributed by atoms with Crippen molar-refractivity contribution >= 4 is 77.6 Å². The third-order valence-electron chi connectivity index (χ3n) is 5.21. The van der Waals surface area contributed by atoms with Gasteiger partial charge in [0.05, 0.1) is 22.1 Å². The van der Waals surface area contributed by atoms with Gasteiger partial charge in [-0.05, 0) is 88.8 Å². The SMILES string of the molecule is COc1cc(/C=C2\SC(=O)N(Cc3ccccc3Br)C2=O)cc(I)c1OS(=O)(=O)c1ccc(C)cc1. The zero-order valence-corrected chi connectivity index (χ0v) is 24.4. The van der Waals surface area contributed by atoms with Crippen molar-refractivity contribution in [2.45, 2.75) is 18.4 Å². The molecule has 4 rings (SSSR count). The van der Waals surface area contributed by atoms with Gasteiger partial charge in [-0.1, -0.05) is 51.8 Å². The molecule has 11 heteroatoms. The topological polar surface area (TPSA) is 90.0 Å². The Morgan fingerprint density at radius 2 is 1.78 bits per heavy atom. The number of ether oxygens (including phenoxy) is 1. The Hall–Kier alpha value is -2.35. The molecule has 3 aromatic carbocycles. The van der Waals surface area contributed by atoms with Crippen LogP contribution in [0.1, 0.15) is 16.7 Å². The Morgan fingerprint density at radius 1 is 1.08 bits per heavy atom. The lowest BCUT2D eigenvalue weighted by Crippen LogP contribution is -2.27. The van der Waals surface area contributed by atoms with E-state index in [1.165, 1.54) is 24.1 Å². The van der Waals surface area contributed by atoms with Crippen LogP contribution in [0.2, 0.25) is 0 Å². The average molecular weight is 700 g/mol. The van der Waals surface area contributed by atoms with E-state index in [1.807, 2.05) is 53.8 Å². The second-order valence-corrected chi connectivity index (χ2v) is 12.3. The fourth-order valence-electron chi connectivity index (χ4n) is 3.35. The van der Waals surface area contributed by atoms with Crippen LogP contribution in [0.25, 0.3) is 6.08 Å². The van der Waals surface area contributed by atoms with Crippen LogP contribution in [0, 0.1) is 10.5 Å². The smallest absolute Gasteiger partial charge is 0.339 e. The van der Waals surface area contributed by atoms with Crippen LogP contribution in [0.5, 0.6) is 11.5 Å². The largest absolute Gasteiger partial charge is 0.493 e. The van der Waals surface area contributed by atoms with Gasteiger partial charge >= 0.3 is 10.1 Å². The minimum Gasteiger partial charge on any atom is -0.493 e. The maximum atomic E-state index is 13.0. The number of carbonyl (C=O) groups excluding carboxylic acids is 2. The molecule has 0 spiro atoms. The number of thioether (sulfide) groups is 1. The van der Waals surface area contributed by atoms with Gasteiger partial charge in [0.2, 0.25) is 0 Å². The summed E-state index contributed by atoms with van der Waals surface area (Å²) in [7, 11) is -2.70. The van der Waals surface area contributed by atoms with E-state index in [0.717, 1.165) is 27.4 Å². The van der Waals surface area contributed by atoms with Crippen LogP contribution in [0.3, 0.4) is 0 Å². The van der Waals surface area contributed by atoms with E-state index in [9.17, 15) is 18.0 Å². The number of amides is 2. The summed E-state index contributed by atoms with van der Waals surface area (Å²) >= 11 is 6.23. The highest BCUT2D eigenvalue weighted by Gasteiger charge is 2.35. The van der Waals surface area contributed by atoms with Crippen molar-refractivity contribution < 1.29 is 26.9 Å². The number of carbonyl (C=O) groups is 2. The van der Waals surface area contributed by atoms with E-state index in [-0.39, 0.29) is 33.1 Å². The summed E-state index contributed by atoms with van der Waals surface area (Å²) in [6.07, 6.45) is 1.58. The molecule has 0 radical (unpaired) electrons. The lowest BCUT2D eigenvalue weighted by Gasteiger charge is -2.14. The maximum absolute atomic E-state index is 13.0. The molecule has 7 nitrogen and oxygen atoms in total. The van der Waals surface area contributed by atoms with E-state index in [2.05, 4.69) is 15.9 Å². The second kappa shape index (κ2) is 11.0. The molecule has 186 valence electrons. The highest BCUT2D eigenvalue weighted by Crippen LogP contribution is 2.39. The predicted octanol–water partition coefficient (Wildman–Crippen LogP) is 6.37. The summed E-state index contributed by atoms with van der Waals surface area (Å²) in [5, 5.41) is -0.368. The molecule has 0 saturated carbocycles. The number of methoxy groups -OCH3 is 1. The highest BCUT2D eigenvalue weighted by molar-refractivity contribution is 14.1. The van der Waals surface area contributed by atoms with Crippen molar-refractivity contribution in [1.82, 2.24) is 4.90 Å². The van der Waals surface area contributed by atoms with Crippen molar-refractivity contribution in [2.75, 3.05) is 7.11 Å². The van der Waals surface area contributed by atoms with Gasteiger partial charge in [0.1, 0.15) is 4.90 Å². The molecule has 0 aliphatic carbocycles. The van der Waals surface area contributed by atoms with Gasteiger partial charge in [0, 0.05) is 4.47 Å². The summed E-state index contributed by atoms with van der Waals surface area (Å²) in [6.45, 7) is 2.01. The van der Waals surface area contributed by atoms with Gasteiger partial charge in [-0.3, -0.25) is 14.5 Å². The second-order valence-electron chi connectivity index (χ2n) is 7.74. The van der Waals surface area contributed by atoms with Crippen LogP contribution in [-0.2, 0) is 21.5 Å². The van der Waals surface area contributed by atoms with Gasteiger partial charge in [0.15, 0.2) is 11.5 Å². The number of rotatable bonds is 7. The number of halogens is 2. The molecular weight excluding hydrogens is 681 g/mol. The minimum atomic E-state index is -4.09.